The monoisotopic (exact) mass is 196 g/mol. The Morgan fingerprint density at radius 1 is 1.36 bits per heavy atom. The van der Waals surface area contributed by atoms with Crippen molar-refractivity contribution in [3.63, 3.8) is 0 Å². The molecule has 3 unspecified atom stereocenters. The van der Waals surface area contributed by atoms with Gasteiger partial charge in [-0.3, -0.25) is 4.90 Å². The van der Waals surface area contributed by atoms with Crippen molar-refractivity contribution in [2.24, 2.45) is 17.6 Å². The van der Waals surface area contributed by atoms with Crippen LogP contribution in [0.4, 0.5) is 0 Å². The minimum atomic E-state index is 0.426. The summed E-state index contributed by atoms with van der Waals surface area (Å²) < 4.78 is 0. The van der Waals surface area contributed by atoms with E-state index in [4.69, 9.17) is 5.73 Å². The smallest absolute Gasteiger partial charge is 0.0171 e. The Hall–Kier alpha value is -0.0800. The van der Waals surface area contributed by atoms with Crippen LogP contribution >= 0.6 is 0 Å². The second-order valence-corrected chi connectivity index (χ2v) is 5.30. The van der Waals surface area contributed by atoms with Crippen LogP contribution in [0.2, 0.25) is 0 Å². The van der Waals surface area contributed by atoms with Gasteiger partial charge < -0.3 is 5.73 Å². The molecule has 0 amide bonds. The summed E-state index contributed by atoms with van der Waals surface area (Å²) in [6.45, 7) is 7.11. The first kappa shape index (κ1) is 10.4. The molecule has 82 valence electrons. The molecule has 2 heteroatoms. The number of hydrogen-bond donors (Lipinski definition) is 1. The van der Waals surface area contributed by atoms with Crippen LogP contribution in [0.1, 0.15) is 39.5 Å². The molecule has 0 aromatic rings. The molecular formula is C12H24N2. The third-order valence-electron chi connectivity index (χ3n) is 4.06. The summed E-state index contributed by atoms with van der Waals surface area (Å²) in [4.78, 5) is 2.64. The molecule has 0 radical (unpaired) electrons. The van der Waals surface area contributed by atoms with E-state index in [1.54, 1.807) is 0 Å². The lowest BCUT2D eigenvalue weighted by Crippen LogP contribution is -2.50. The maximum absolute atomic E-state index is 6.11. The molecule has 2 rings (SSSR count). The van der Waals surface area contributed by atoms with Gasteiger partial charge in [0.05, 0.1) is 0 Å². The van der Waals surface area contributed by atoms with Crippen LogP contribution in [0, 0.1) is 11.8 Å². The van der Waals surface area contributed by atoms with E-state index in [0.717, 1.165) is 24.4 Å². The molecule has 0 bridgehead atoms. The summed E-state index contributed by atoms with van der Waals surface area (Å²) in [6.07, 6.45) is 5.43. The predicted molar refractivity (Wildman–Crippen MR) is 60.1 cm³/mol. The standard InChI is InChI=1S/C12H24N2/c1-3-10-6-12(13)8-14(7-10)9(2)11-4-5-11/h9-12H,3-8,13H2,1-2H3. The van der Waals surface area contributed by atoms with Crippen LogP contribution in [0.15, 0.2) is 0 Å². The predicted octanol–water partition coefficient (Wildman–Crippen LogP) is 1.84. The minimum absolute atomic E-state index is 0.426. The van der Waals surface area contributed by atoms with Crippen LogP contribution in [-0.2, 0) is 0 Å². The van der Waals surface area contributed by atoms with E-state index in [2.05, 4.69) is 18.7 Å². The summed E-state index contributed by atoms with van der Waals surface area (Å²) in [5.41, 5.74) is 6.11. The molecule has 3 atom stereocenters. The quantitative estimate of drug-likeness (QED) is 0.746. The van der Waals surface area contributed by atoms with Crippen LogP contribution < -0.4 is 5.73 Å². The summed E-state index contributed by atoms with van der Waals surface area (Å²) in [7, 11) is 0. The Morgan fingerprint density at radius 2 is 2.07 bits per heavy atom. The summed E-state index contributed by atoms with van der Waals surface area (Å²) >= 11 is 0. The zero-order valence-electron chi connectivity index (χ0n) is 9.58. The van der Waals surface area contributed by atoms with Gasteiger partial charge in [0.15, 0.2) is 0 Å². The molecule has 14 heavy (non-hydrogen) atoms. The Balaban J connectivity index is 1.90. The molecule has 2 nitrogen and oxygen atoms in total. The maximum Gasteiger partial charge on any atom is 0.0171 e. The number of likely N-dealkylation sites (tertiary alicyclic amines) is 1. The average Bonchev–Trinajstić information content (AvgIpc) is 2.99. The largest absolute Gasteiger partial charge is 0.327 e. The number of piperidine rings is 1. The highest BCUT2D eigenvalue weighted by molar-refractivity contribution is 4.90. The van der Waals surface area contributed by atoms with E-state index in [0.29, 0.717) is 6.04 Å². The normalized spacial score (nSPS) is 37.1. The Labute approximate surface area is 87.8 Å². The van der Waals surface area contributed by atoms with E-state index in [1.165, 1.54) is 32.2 Å². The van der Waals surface area contributed by atoms with Crippen LogP contribution in [0.3, 0.4) is 0 Å². The lowest BCUT2D eigenvalue weighted by molar-refractivity contribution is 0.104. The van der Waals surface area contributed by atoms with Crippen molar-refractivity contribution in [1.82, 2.24) is 4.90 Å². The van der Waals surface area contributed by atoms with Crippen molar-refractivity contribution < 1.29 is 0 Å². The van der Waals surface area contributed by atoms with Gasteiger partial charge in [0.25, 0.3) is 0 Å². The zero-order chi connectivity index (χ0) is 10.1. The van der Waals surface area contributed by atoms with Crippen molar-refractivity contribution in [1.29, 1.82) is 0 Å². The number of nitrogens with two attached hydrogens (primary N) is 1. The van der Waals surface area contributed by atoms with Crippen molar-refractivity contribution in [3.8, 4) is 0 Å². The van der Waals surface area contributed by atoms with Crippen molar-refractivity contribution >= 4 is 0 Å². The van der Waals surface area contributed by atoms with Crippen LogP contribution in [-0.4, -0.2) is 30.1 Å². The van der Waals surface area contributed by atoms with Gasteiger partial charge in [0, 0.05) is 25.2 Å². The van der Waals surface area contributed by atoms with Gasteiger partial charge in [-0.2, -0.15) is 0 Å². The Morgan fingerprint density at radius 3 is 2.64 bits per heavy atom. The first-order valence-electron chi connectivity index (χ1n) is 6.20. The second kappa shape index (κ2) is 4.19. The van der Waals surface area contributed by atoms with E-state index < -0.39 is 0 Å². The molecule has 2 N–H and O–H groups in total. The molecule has 1 aliphatic heterocycles. The molecule has 1 aliphatic carbocycles. The number of nitrogens with zero attached hydrogens (tertiary/aromatic N) is 1. The van der Waals surface area contributed by atoms with Crippen molar-refractivity contribution in [2.45, 2.75) is 51.6 Å². The third kappa shape index (κ3) is 2.29. The summed E-state index contributed by atoms with van der Waals surface area (Å²) in [5, 5.41) is 0. The Bertz CT molecular complexity index is 189. The highest BCUT2D eigenvalue weighted by Crippen LogP contribution is 2.36. The fourth-order valence-electron chi connectivity index (χ4n) is 2.79. The van der Waals surface area contributed by atoms with Crippen molar-refractivity contribution in [2.75, 3.05) is 13.1 Å². The fourth-order valence-corrected chi connectivity index (χ4v) is 2.79. The van der Waals surface area contributed by atoms with Gasteiger partial charge >= 0.3 is 0 Å². The van der Waals surface area contributed by atoms with Gasteiger partial charge in [0.2, 0.25) is 0 Å². The van der Waals surface area contributed by atoms with E-state index in [9.17, 15) is 0 Å². The SMILES string of the molecule is CCC1CC(N)CN(C(C)C2CC2)C1. The topological polar surface area (TPSA) is 29.3 Å². The molecule has 0 aromatic heterocycles. The minimum Gasteiger partial charge on any atom is -0.327 e. The van der Waals surface area contributed by atoms with Crippen LogP contribution in [0.25, 0.3) is 0 Å². The fraction of sp³-hybridized carbons (Fsp3) is 1.00. The second-order valence-electron chi connectivity index (χ2n) is 5.30. The number of hydrogen-bond acceptors (Lipinski definition) is 2. The van der Waals surface area contributed by atoms with Gasteiger partial charge in [0.1, 0.15) is 0 Å². The first-order chi connectivity index (χ1) is 6.70. The summed E-state index contributed by atoms with van der Waals surface area (Å²) in [5.74, 6) is 1.83. The third-order valence-corrected chi connectivity index (χ3v) is 4.06. The first-order valence-corrected chi connectivity index (χ1v) is 6.20. The van der Waals surface area contributed by atoms with Gasteiger partial charge in [-0.25, -0.2) is 0 Å². The van der Waals surface area contributed by atoms with Gasteiger partial charge in [-0.1, -0.05) is 13.3 Å². The molecule has 1 saturated carbocycles. The highest BCUT2D eigenvalue weighted by Gasteiger charge is 2.35. The lowest BCUT2D eigenvalue weighted by Gasteiger charge is -2.39. The average molecular weight is 196 g/mol. The molecule has 2 aliphatic rings. The molecule has 2 fully saturated rings. The van der Waals surface area contributed by atoms with Crippen LogP contribution in [0.5, 0.6) is 0 Å². The van der Waals surface area contributed by atoms with Crippen molar-refractivity contribution in [3.05, 3.63) is 0 Å². The Kier molecular flexibility index (Phi) is 3.13. The van der Waals surface area contributed by atoms with Gasteiger partial charge in [-0.05, 0) is 38.0 Å². The zero-order valence-corrected chi connectivity index (χ0v) is 9.58. The maximum atomic E-state index is 6.11. The highest BCUT2D eigenvalue weighted by atomic mass is 15.2. The summed E-state index contributed by atoms with van der Waals surface area (Å²) in [6, 6.07) is 1.21. The molecule has 1 heterocycles. The molecular weight excluding hydrogens is 172 g/mol. The van der Waals surface area contributed by atoms with E-state index >= 15 is 0 Å². The van der Waals surface area contributed by atoms with E-state index in [-0.39, 0.29) is 0 Å². The molecule has 1 saturated heterocycles. The number of rotatable bonds is 3. The van der Waals surface area contributed by atoms with E-state index in [1.807, 2.05) is 0 Å². The molecule has 0 aromatic carbocycles. The lowest BCUT2D eigenvalue weighted by atomic mass is 9.91. The van der Waals surface area contributed by atoms with Gasteiger partial charge in [-0.15, -0.1) is 0 Å². The molecule has 0 spiro atoms.